The van der Waals surface area contributed by atoms with E-state index in [9.17, 15) is 12.8 Å². The number of anilines is 2. The van der Waals surface area contributed by atoms with Gasteiger partial charge in [-0.25, -0.2) is 22.8 Å². The van der Waals surface area contributed by atoms with E-state index in [1.807, 2.05) is 6.92 Å². The molecule has 0 bridgehead atoms. The van der Waals surface area contributed by atoms with E-state index < -0.39 is 33.3 Å². The molecular weight excluding hydrogens is 549 g/mol. The first-order valence-corrected chi connectivity index (χ1v) is 14.2. The number of aromatic nitrogens is 7. The molecule has 0 aliphatic carbocycles. The molecule has 2 fully saturated rings. The van der Waals surface area contributed by atoms with E-state index in [-0.39, 0.29) is 42.3 Å². The van der Waals surface area contributed by atoms with Crippen molar-refractivity contribution in [1.29, 1.82) is 0 Å². The van der Waals surface area contributed by atoms with E-state index in [0.717, 1.165) is 18.8 Å². The number of hydrogen-bond acceptors (Lipinski definition) is 13. The third-order valence-electron chi connectivity index (χ3n) is 6.61. The molecule has 0 saturated carbocycles. The summed E-state index contributed by atoms with van der Waals surface area (Å²) in [5, 5.41) is 7.49. The molecule has 3 atom stereocenters. The zero-order valence-corrected chi connectivity index (χ0v) is 23.0. The van der Waals surface area contributed by atoms with Gasteiger partial charge in [-0.05, 0) is 26.2 Å². The molecule has 0 spiro atoms. The van der Waals surface area contributed by atoms with Gasteiger partial charge in [-0.2, -0.15) is 9.97 Å². The fraction of sp³-hybridized carbons (Fsp3) is 0.565. The summed E-state index contributed by atoms with van der Waals surface area (Å²) in [7, 11) is -1.26. The van der Waals surface area contributed by atoms with Crippen LogP contribution in [-0.4, -0.2) is 95.0 Å². The molecular formula is C23H30FN9O6S. The van der Waals surface area contributed by atoms with Crippen LogP contribution in [-0.2, 0) is 19.5 Å². The molecule has 2 aliphatic heterocycles. The topological polar surface area (TPSA) is 169 Å². The van der Waals surface area contributed by atoms with Crippen molar-refractivity contribution >= 4 is 21.9 Å². The smallest absolute Gasteiger partial charge is 0.245 e. The molecule has 216 valence electrons. The molecule has 40 heavy (non-hydrogen) atoms. The minimum atomic E-state index is -4.10. The van der Waals surface area contributed by atoms with Gasteiger partial charge in [-0.1, -0.05) is 0 Å². The van der Waals surface area contributed by atoms with E-state index in [2.05, 4.69) is 34.9 Å². The average Bonchev–Trinajstić information content (AvgIpc) is 3.63. The Labute approximate surface area is 230 Å². The number of hydrogen-bond donors (Lipinski definition) is 1. The van der Waals surface area contributed by atoms with Gasteiger partial charge in [0.1, 0.15) is 17.7 Å². The zero-order chi connectivity index (χ0) is 28.3. The summed E-state index contributed by atoms with van der Waals surface area (Å²) >= 11 is 0. The van der Waals surface area contributed by atoms with Gasteiger partial charge >= 0.3 is 0 Å². The molecule has 15 nitrogen and oxygen atoms in total. The second kappa shape index (κ2) is 11.8. The Morgan fingerprint density at radius 3 is 2.45 bits per heavy atom. The SMILES string of the molecule is CCO[C@@H]1C[C@H](S(=O)(=O)Nc2nnc(C3CCCO3)n2-c2c(OC)ncnc2OC)CN(c2ncc(F)cn2)C1. The number of nitrogens with zero attached hydrogens (tertiary/aromatic N) is 8. The second-order valence-electron chi connectivity index (χ2n) is 9.15. The van der Waals surface area contributed by atoms with Crippen molar-refractivity contribution < 1.29 is 31.8 Å². The van der Waals surface area contributed by atoms with Crippen molar-refractivity contribution in [3.05, 3.63) is 30.4 Å². The van der Waals surface area contributed by atoms with Gasteiger partial charge < -0.3 is 23.8 Å². The van der Waals surface area contributed by atoms with Gasteiger partial charge in [-0.15, -0.1) is 10.2 Å². The minimum absolute atomic E-state index is 0.0400. The maximum Gasteiger partial charge on any atom is 0.245 e. The highest BCUT2D eigenvalue weighted by Gasteiger charge is 2.39. The first kappa shape index (κ1) is 27.9. The third kappa shape index (κ3) is 5.62. The Bertz CT molecular complexity index is 1400. The highest BCUT2D eigenvalue weighted by molar-refractivity contribution is 7.93. The minimum Gasteiger partial charge on any atom is -0.479 e. The highest BCUT2D eigenvalue weighted by Crippen LogP contribution is 2.37. The van der Waals surface area contributed by atoms with E-state index in [1.54, 1.807) is 4.90 Å². The van der Waals surface area contributed by atoms with Crippen LogP contribution in [0.1, 0.15) is 38.1 Å². The molecule has 3 aromatic rings. The fourth-order valence-corrected chi connectivity index (χ4v) is 6.24. The lowest BCUT2D eigenvalue weighted by atomic mass is 10.1. The number of rotatable bonds is 10. The first-order valence-electron chi connectivity index (χ1n) is 12.7. The molecule has 0 radical (unpaired) electrons. The monoisotopic (exact) mass is 579 g/mol. The Morgan fingerprint density at radius 2 is 1.82 bits per heavy atom. The van der Waals surface area contributed by atoms with Crippen molar-refractivity contribution in [3.63, 3.8) is 0 Å². The van der Waals surface area contributed by atoms with Gasteiger partial charge in [-0.3, -0.25) is 9.29 Å². The number of sulfonamides is 1. The Morgan fingerprint density at radius 1 is 1.10 bits per heavy atom. The van der Waals surface area contributed by atoms with E-state index in [4.69, 9.17) is 18.9 Å². The summed E-state index contributed by atoms with van der Waals surface area (Å²) in [6.07, 6.45) is 4.13. The third-order valence-corrected chi connectivity index (χ3v) is 8.30. The predicted molar refractivity (Wildman–Crippen MR) is 139 cm³/mol. The highest BCUT2D eigenvalue weighted by atomic mass is 32.2. The van der Waals surface area contributed by atoms with Crippen LogP contribution < -0.4 is 19.1 Å². The Balaban J connectivity index is 1.52. The van der Waals surface area contributed by atoms with Crippen molar-refractivity contribution in [2.75, 3.05) is 50.1 Å². The maximum absolute atomic E-state index is 13.9. The lowest BCUT2D eigenvalue weighted by Gasteiger charge is -2.37. The molecule has 5 rings (SSSR count). The van der Waals surface area contributed by atoms with Crippen molar-refractivity contribution in [1.82, 2.24) is 34.7 Å². The standard InChI is InChI=1S/C23H30FN9O6S/c1-4-38-15-8-16(12-32(11-15)22-25-9-14(24)10-26-22)40(34,35)31-23-30-29-19(17-6-5-7-39-17)33(23)18-20(36-2)27-13-28-21(18)37-3/h9-10,13,15-17H,4-8,11-12H2,1-3H3,(H,30,31)/t15-,16+,17?/m1/s1. The van der Waals surface area contributed by atoms with Gasteiger partial charge in [0.25, 0.3) is 0 Å². The van der Waals surface area contributed by atoms with Crippen LogP contribution in [0, 0.1) is 5.82 Å². The zero-order valence-electron chi connectivity index (χ0n) is 22.2. The van der Waals surface area contributed by atoms with Gasteiger partial charge in [0.2, 0.25) is 33.7 Å². The van der Waals surface area contributed by atoms with Crippen LogP contribution in [0.15, 0.2) is 18.7 Å². The quantitative estimate of drug-likeness (QED) is 0.365. The molecule has 2 aliphatic rings. The summed E-state index contributed by atoms with van der Waals surface area (Å²) in [6, 6.07) is 0. The molecule has 5 heterocycles. The second-order valence-corrected chi connectivity index (χ2v) is 11.1. The number of ether oxygens (including phenoxy) is 4. The molecule has 0 amide bonds. The molecule has 1 N–H and O–H groups in total. The van der Waals surface area contributed by atoms with Gasteiger partial charge in [0.15, 0.2) is 17.3 Å². The lowest BCUT2D eigenvalue weighted by Crippen LogP contribution is -2.51. The van der Waals surface area contributed by atoms with Gasteiger partial charge in [0, 0.05) is 26.3 Å². The van der Waals surface area contributed by atoms with Crippen molar-refractivity contribution in [2.24, 2.45) is 0 Å². The number of piperidine rings is 1. The van der Waals surface area contributed by atoms with Crippen LogP contribution in [0.3, 0.4) is 0 Å². The van der Waals surface area contributed by atoms with Crippen LogP contribution in [0.4, 0.5) is 16.3 Å². The van der Waals surface area contributed by atoms with Crippen molar-refractivity contribution in [3.8, 4) is 17.4 Å². The molecule has 17 heteroatoms. The van der Waals surface area contributed by atoms with Crippen LogP contribution in [0.2, 0.25) is 0 Å². The summed E-state index contributed by atoms with van der Waals surface area (Å²) in [6.45, 7) is 3.13. The molecule has 3 aromatic heterocycles. The van der Waals surface area contributed by atoms with E-state index in [1.165, 1.54) is 25.1 Å². The van der Waals surface area contributed by atoms with E-state index >= 15 is 0 Å². The largest absolute Gasteiger partial charge is 0.479 e. The Hall–Kier alpha value is -3.70. The van der Waals surface area contributed by atoms with E-state index in [0.29, 0.717) is 32.0 Å². The lowest BCUT2D eigenvalue weighted by molar-refractivity contribution is 0.0531. The molecule has 0 aromatic carbocycles. The number of methoxy groups -OCH3 is 2. The molecule has 1 unspecified atom stereocenters. The summed E-state index contributed by atoms with van der Waals surface area (Å²) < 4.78 is 67.7. The van der Waals surface area contributed by atoms with Crippen LogP contribution in [0.5, 0.6) is 11.8 Å². The van der Waals surface area contributed by atoms with Crippen molar-refractivity contribution in [2.45, 2.75) is 43.6 Å². The Kier molecular flexibility index (Phi) is 8.22. The first-order chi connectivity index (χ1) is 19.3. The maximum atomic E-state index is 13.9. The number of halogens is 1. The summed E-state index contributed by atoms with van der Waals surface area (Å²) in [4.78, 5) is 18.0. The number of nitrogens with one attached hydrogen (secondary N) is 1. The average molecular weight is 580 g/mol. The normalized spacial score (nSPS) is 21.4. The van der Waals surface area contributed by atoms with Crippen LogP contribution in [0.25, 0.3) is 5.69 Å². The molecule has 2 saturated heterocycles. The fourth-order valence-electron chi connectivity index (χ4n) is 4.84. The van der Waals surface area contributed by atoms with Crippen LogP contribution >= 0.6 is 0 Å². The summed E-state index contributed by atoms with van der Waals surface area (Å²) in [5.41, 5.74) is 0.220. The summed E-state index contributed by atoms with van der Waals surface area (Å²) in [5.74, 6) is 0.0923. The van der Waals surface area contributed by atoms with Gasteiger partial charge in [0.05, 0.1) is 32.7 Å². The predicted octanol–water partition coefficient (Wildman–Crippen LogP) is 1.28.